The molecule has 2 aromatic rings. The van der Waals surface area contributed by atoms with Gasteiger partial charge in [-0.2, -0.15) is 0 Å². The molecule has 0 radical (unpaired) electrons. The van der Waals surface area contributed by atoms with Crippen molar-refractivity contribution in [2.24, 2.45) is 0 Å². The zero-order chi connectivity index (χ0) is 19.0. The van der Waals surface area contributed by atoms with Crippen molar-refractivity contribution in [2.45, 2.75) is 71.8 Å². The molecular formula is C24H32O2. The lowest BCUT2D eigenvalue weighted by Crippen LogP contribution is -2.28. The van der Waals surface area contributed by atoms with Crippen molar-refractivity contribution in [1.29, 1.82) is 0 Å². The highest BCUT2D eigenvalue weighted by Crippen LogP contribution is 2.21. The largest absolute Gasteiger partial charge is 0.456 e. The fourth-order valence-electron chi connectivity index (χ4n) is 3.06. The average molecular weight is 353 g/mol. The second-order valence-electron chi connectivity index (χ2n) is 7.58. The molecular weight excluding hydrogens is 320 g/mol. The molecule has 0 bridgehead atoms. The highest BCUT2D eigenvalue weighted by Gasteiger charge is 2.23. The fourth-order valence-corrected chi connectivity index (χ4v) is 3.06. The number of carbonyl (C=O) groups excluding carboxylic acids is 1. The summed E-state index contributed by atoms with van der Waals surface area (Å²) in [5, 5.41) is 0. The monoisotopic (exact) mass is 352 g/mol. The molecule has 2 rings (SSSR count). The number of hydrogen-bond acceptors (Lipinski definition) is 2. The zero-order valence-corrected chi connectivity index (χ0v) is 16.7. The van der Waals surface area contributed by atoms with Gasteiger partial charge in [-0.3, -0.25) is 0 Å². The summed E-state index contributed by atoms with van der Waals surface area (Å²) in [5.74, 6) is -0.229. The second kappa shape index (κ2) is 9.56. The van der Waals surface area contributed by atoms with Crippen LogP contribution >= 0.6 is 0 Å². The maximum atomic E-state index is 12.4. The van der Waals surface area contributed by atoms with Gasteiger partial charge in [0.2, 0.25) is 0 Å². The molecule has 2 aromatic carbocycles. The van der Waals surface area contributed by atoms with Gasteiger partial charge >= 0.3 is 5.97 Å². The van der Waals surface area contributed by atoms with Gasteiger partial charge in [0, 0.05) is 0 Å². The third-order valence-corrected chi connectivity index (χ3v) is 4.89. The molecule has 0 aliphatic carbocycles. The van der Waals surface area contributed by atoms with Gasteiger partial charge in [0.25, 0.3) is 0 Å². The van der Waals surface area contributed by atoms with Crippen LogP contribution in [0.1, 0.15) is 74.0 Å². The van der Waals surface area contributed by atoms with Crippen LogP contribution in [-0.2, 0) is 24.0 Å². The molecule has 0 saturated heterocycles. The highest BCUT2D eigenvalue weighted by molar-refractivity contribution is 5.89. The molecule has 0 spiro atoms. The molecule has 140 valence electrons. The number of benzene rings is 2. The van der Waals surface area contributed by atoms with E-state index in [0.717, 1.165) is 38.5 Å². The van der Waals surface area contributed by atoms with Gasteiger partial charge in [-0.15, -0.1) is 0 Å². The minimum absolute atomic E-state index is 0.229. The van der Waals surface area contributed by atoms with Gasteiger partial charge in [0.05, 0.1) is 5.56 Å². The molecule has 0 N–H and O–H groups in total. The Balaban J connectivity index is 1.77. The van der Waals surface area contributed by atoms with E-state index < -0.39 is 5.60 Å². The molecule has 26 heavy (non-hydrogen) atoms. The summed E-state index contributed by atoms with van der Waals surface area (Å²) < 4.78 is 5.74. The smallest absolute Gasteiger partial charge is 0.338 e. The summed E-state index contributed by atoms with van der Waals surface area (Å²) in [6.07, 6.45) is 6.16. The Labute approximate surface area is 158 Å². The van der Waals surface area contributed by atoms with Gasteiger partial charge in [-0.1, -0.05) is 50.2 Å². The molecule has 0 amide bonds. The quantitative estimate of drug-likeness (QED) is 0.399. The van der Waals surface area contributed by atoms with Crippen molar-refractivity contribution in [1.82, 2.24) is 0 Å². The first-order valence-electron chi connectivity index (χ1n) is 9.83. The van der Waals surface area contributed by atoms with Crippen molar-refractivity contribution < 1.29 is 9.53 Å². The van der Waals surface area contributed by atoms with Gasteiger partial charge in [0.1, 0.15) is 5.60 Å². The normalized spacial score (nSPS) is 11.4. The predicted octanol–water partition coefficient (Wildman–Crippen LogP) is 6.16. The maximum absolute atomic E-state index is 12.4. The Morgan fingerprint density at radius 1 is 0.808 bits per heavy atom. The van der Waals surface area contributed by atoms with Gasteiger partial charge in [0.15, 0.2) is 0 Å². The Hall–Kier alpha value is -2.09. The molecule has 0 aliphatic heterocycles. The predicted molar refractivity (Wildman–Crippen MR) is 109 cm³/mol. The average Bonchev–Trinajstić information content (AvgIpc) is 2.65. The van der Waals surface area contributed by atoms with Crippen LogP contribution in [0, 0.1) is 0 Å². The summed E-state index contributed by atoms with van der Waals surface area (Å²) in [6, 6.07) is 16.6. The third kappa shape index (κ3) is 6.33. The molecule has 0 unspecified atom stereocenters. The second-order valence-corrected chi connectivity index (χ2v) is 7.58. The number of ether oxygens (including phenoxy) is 1. The molecule has 0 atom stereocenters. The first kappa shape index (κ1) is 20.2. The summed E-state index contributed by atoms with van der Waals surface area (Å²) in [7, 11) is 0. The van der Waals surface area contributed by atoms with Crippen LogP contribution in [0.15, 0.2) is 48.5 Å². The number of esters is 1. The number of aryl methyl sites for hydroxylation is 3. The molecule has 0 aromatic heterocycles. The molecule has 0 heterocycles. The van der Waals surface area contributed by atoms with Crippen molar-refractivity contribution in [3.8, 4) is 0 Å². The maximum Gasteiger partial charge on any atom is 0.338 e. The first-order valence-corrected chi connectivity index (χ1v) is 9.83. The van der Waals surface area contributed by atoms with E-state index in [1.165, 1.54) is 16.7 Å². The van der Waals surface area contributed by atoms with Crippen molar-refractivity contribution in [3.05, 3.63) is 70.8 Å². The lowest BCUT2D eigenvalue weighted by molar-refractivity contribution is -0.00543. The number of hydrogen-bond donors (Lipinski definition) is 0. The van der Waals surface area contributed by atoms with E-state index in [-0.39, 0.29) is 5.97 Å². The lowest BCUT2D eigenvalue weighted by Gasteiger charge is -2.25. The topological polar surface area (TPSA) is 26.3 Å². The molecule has 2 heteroatoms. The SMILES string of the molecule is CCc1ccc(CCCCC(C)(C)OC(=O)c2ccc(CC)cc2)cc1. The van der Waals surface area contributed by atoms with E-state index in [2.05, 4.69) is 38.1 Å². The van der Waals surface area contributed by atoms with Crippen LogP contribution < -0.4 is 0 Å². The van der Waals surface area contributed by atoms with Gasteiger partial charge in [-0.25, -0.2) is 4.79 Å². The van der Waals surface area contributed by atoms with Gasteiger partial charge < -0.3 is 4.74 Å². The van der Waals surface area contributed by atoms with E-state index in [4.69, 9.17) is 4.74 Å². The Kier molecular flexibility index (Phi) is 7.44. The minimum atomic E-state index is -0.438. The molecule has 2 nitrogen and oxygen atoms in total. The Bertz CT molecular complexity index is 681. The van der Waals surface area contributed by atoms with Crippen LogP contribution in [0.25, 0.3) is 0 Å². The van der Waals surface area contributed by atoms with Crippen molar-refractivity contribution in [3.63, 3.8) is 0 Å². The van der Waals surface area contributed by atoms with E-state index in [0.29, 0.717) is 5.56 Å². The van der Waals surface area contributed by atoms with Crippen LogP contribution in [0.5, 0.6) is 0 Å². The van der Waals surface area contributed by atoms with Crippen LogP contribution in [-0.4, -0.2) is 11.6 Å². The first-order chi connectivity index (χ1) is 12.4. The van der Waals surface area contributed by atoms with Crippen LogP contribution in [0.2, 0.25) is 0 Å². The minimum Gasteiger partial charge on any atom is -0.456 e. The van der Waals surface area contributed by atoms with E-state index in [1.807, 2.05) is 38.1 Å². The Morgan fingerprint density at radius 2 is 1.31 bits per heavy atom. The number of unbranched alkanes of at least 4 members (excludes halogenated alkanes) is 1. The van der Waals surface area contributed by atoms with Crippen molar-refractivity contribution >= 4 is 5.97 Å². The summed E-state index contributed by atoms with van der Waals surface area (Å²) in [5.41, 5.74) is 4.19. The summed E-state index contributed by atoms with van der Waals surface area (Å²) >= 11 is 0. The van der Waals surface area contributed by atoms with Crippen molar-refractivity contribution in [2.75, 3.05) is 0 Å². The lowest BCUT2D eigenvalue weighted by atomic mass is 9.98. The highest BCUT2D eigenvalue weighted by atomic mass is 16.6. The summed E-state index contributed by atoms with van der Waals surface area (Å²) in [6.45, 7) is 8.29. The molecule has 0 saturated carbocycles. The van der Waals surface area contributed by atoms with E-state index in [9.17, 15) is 4.79 Å². The zero-order valence-electron chi connectivity index (χ0n) is 16.7. The van der Waals surface area contributed by atoms with Crippen LogP contribution in [0.4, 0.5) is 0 Å². The molecule has 0 aliphatic rings. The Morgan fingerprint density at radius 3 is 1.85 bits per heavy atom. The standard InChI is InChI=1S/C24H32O2/c1-5-19-10-12-21(13-11-19)9-7-8-18-24(3,4)26-23(25)22-16-14-20(6-2)15-17-22/h10-17H,5-9,18H2,1-4H3. The van der Waals surface area contributed by atoms with Crippen LogP contribution in [0.3, 0.4) is 0 Å². The van der Waals surface area contributed by atoms with Gasteiger partial charge in [-0.05, 0) is 81.2 Å². The van der Waals surface area contributed by atoms with E-state index >= 15 is 0 Å². The third-order valence-electron chi connectivity index (χ3n) is 4.89. The van der Waals surface area contributed by atoms with E-state index in [1.54, 1.807) is 0 Å². The number of rotatable bonds is 9. The fraction of sp³-hybridized carbons (Fsp3) is 0.458. The molecule has 0 fully saturated rings. The summed E-state index contributed by atoms with van der Waals surface area (Å²) in [4.78, 5) is 12.4. The number of carbonyl (C=O) groups is 1.